The summed E-state index contributed by atoms with van der Waals surface area (Å²) in [5.41, 5.74) is 13.1. The molecule has 0 fully saturated rings. The minimum absolute atomic E-state index is 0.902. The van der Waals surface area contributed by atoms with E-state index in [-0.39, 0.29) is 0 Å². The lowest BCUT2D eigenvalue weighted by molar-refractivity contribution is 1.12. The molecule has 12 aromatic rings. The van der Waals surface area contributed by atoms with Crippen molar-refractivity contribution in [3.63, 3.8) is 0 Å². The van der Waals surface area contributed by atoms with Crippen LogP contribution in [-0.4, -0.2) is 27.9 Å². The monoisotopic (exact) mass is 664 g/mol. The van der Waals surface area contributed by atoms with Gasteiger partial charge in [-0.05, 0) is 82.6 Å². The first-order valence-corrected chi connectivity index (χ1v) is 17.6. The van der Waals surface area contributed by atoms with Gasteiger partial charge >= 0.3 is 0 Å². The van der Waals surface area contributed by atoms with E-state index in [4.69, 9.17) is 9.97 Å². The summed E-state index contributed by atoms with van der Waals surface area (Å²) in [5.74, 6) is 1.80. The second-order valence-electron chi connectivity index (χ2n) is 13.5. The van der Waals surface area contributed by atoms with E-state index in [0.717, 1.165) is 78.2 Å². The first-order valence-electron chi connectivity index (χ1n) is 17.6. The predicted octanol–water partition coefficient (Wildman–Crippen LogP) is 11.1. The van der Waals surface area contributed by atoms with Gasteiger partial charge < -0.3 is 0 Å². The minimum Gasteiger partial charge on any atom is -0.278 e. The number of nitrogens with zero attached hydrogens (tertiary/aromatic N) is 6. The normalized spacial score (nSPS) is 12.2. The molecule has 0 aliphatic carbocycles. The van der Waals surface area contributed by atoms with Gasteiger partial charge in [0.2, 0.25) is 11.6 Å². The van der Waals surface area contributed by atoms with Crippen LogP contribution in [0.15, 0.2) is 170 Å². The molecule has 0 bridgehead atoms. The Morgan fingerprint density at radius 3 is 1.25 bits per heavy atom. The fourth-order valence-corrected chi connectivity index (χ4v) is 8.44. The second kappa shape index (κ2) is 10.2. The zero-order chi connectivity index (χ0) is 33.9. The van der Waals surface area contributed by atoms with Crippen LogP contribution < -0.4 is 0 Å². The summed E-state index contributed by atoms with van der Waals surface area (Å²) in [4.78, 5) is 10.4. The van der Waals surface area contributed by atoms with E-state index in [0.29, 0.717) is 0 Å². The van der Waals surface area contributed by atoms with Crippen molar-refractivity contribution in [3.05, 3.63) is 170 Å². The molecule has 6 heteroatoms. The predicted molar refractivity (Wildman–Crippen MR) is 213 cm³/mol. The van der Waals surface area contributed by atoms with Crippen LogP contribution in [0.1, 0.15) is 0 Å². The highest BCUT2D eigenvalue weighted by Gasteiger charge is 2.21. The lowest BCUT2D eigenvalue weighted by Crippen LogP contribution is -1.96. The molecule has 12 rings (SSSR count). The zero-order valence-electron chi connectivity index (χ0n) is 27.8. The molecule has 242 valence electrons. The fraction of sp³-hybridized carbons (Fsp3) is 0. The van der Waals surface area contributed by atoms with Crippen LogP contribution in [-0.2, 0) is 0 Å². The molecule has 0 atom stereocenters. The van der Waals surface area contributed by atoms with Crippen molar-refractivity contribution >= 4 is 77.2 Å². The molecule has 0 amide bonds. The highest BCUT2D eigenvalue weighted by atomic mass is 15.2. The van der Waals surface area contributed by atoms with E-state index in [1.807, 2.05) is 0 Å². The van der Waals surface area contributed by atoms with Gasteiger partial charge in [-0.1, -0.05) is 109 Å². The van der Waals surface area contributed by atoms with Crippen molar-refractivity contribution in [1.29, 1.82) is 0 Å². The number of hydrogen-bond acceptors (Lipinski definition) is 2. The van der Waals surface area contributed by atoms with Crippen LogP contribution >= 0.6 is 0 Å². The average Bonchev–Trinajstić information content (AvgIpc) is 3.93. The third-order valence-electron chi connectivity index (χ3n) is 10.7. The van der Waals surface area contributed by atoms with E-state index in [2.05, 4.69) is 188 Å². The number of hydrogen-bond donors (Lipinski definition) is 0. The standard InChI is InChI=1S/C46H28N6/c1-3-15-33-29(11-1)13-9-21-37(33)49-41-25-23-31(27-43(41)51-39-19-7-5-17-35(39)47-45(49)51)32-24-26-42-44(28-32)52-40-20-8-6-18-36(40)48-46(52)50(42)38-22-10-14-30-12-2-4-16-34(30)38/h1-28H. The fourth-order valence-electron chi connectivity index (χ4n) is 8.44. The molecule has 0 saturated carbocycles. The number of fused-ring (bicyclic) bond motifs is 12. The third kappa shape index (κ3) is 3.67. The Labute approximate surface area is 296 Å². The molecule has 0 spiro atoms. The third-order valence-corrected chi connectivity index (χ3v) is 10.7. The summed E-state index contributed by atoms with van der Waals surface area (Å²) in [7, 11) is 0. The van der Waals surface area contributed by atoms with Gasteiger partial charge in [-0.25, -0.2) is 9.97 Å². The Bertz CT molecular complexity index is 3190. The molecule has 0 aliphatic heterocycles. The van der Waals surface area contributed by atoms with Crippen LogP contribution in [0.2, 0.25) is 0 Å². The van der Waals surface area contributed by atoms with Gasteiger partial charge in [0.1, 0.15) is 0 Å². The molecular formula is C46H28N6. The van der Waals surface area contributed by atoms with Crippen LogP contribution in [0.4, 0.5) is 0 Å². The Hall–Kier alpha value is -7.18. The first-order chi connectivity index (χ1) is 25.8. The van der Waals surface area contributed by atoms with Crippen molar-refractivity contribution in [1.82, 2.24) is 27.9 Å². The minimum atomic E-state index is 0.902. The smallest absolute Gasteiger partial charge is 0.220 e. The van der Waals surface area contributed by atoms with Gasteiger partial charge in [-0.2, -0.15) is 0 Å². The van der Waals surface area contributed by atoms with E-state index in [1.165, 1.54) is 21.5 Å². The molecule has 4 aromatic heterocycles. The summed E-state index contributed by atoms with van der Waals surface area (Å²) in [6.07, 6.45) is 0. The number of rotatable bonds is 3. The Morgan fingerprint density at radius 1 is 0.327 bits per heavy atom. The summed E-state index contributed by atoms with van der Waals surface area (Å²) < 4.78 is 9.26. The van der Waals surface area contributed by atoms with Crippen LogP contribution in [0.5, 0.6) is 0 Å². The lowest BCUT2D eigenvalue weighted by Gasteiger charge is -2.11. The molecule has 52 heavy (non-hydrogen) atoms. The quantitative estimate of drug-likeness (QED) is 0.189. The Kier molecular flexibility index (Phi) is 5.41. The zero-order valence-corrected chi connectivity index (χ0v) is 27.8. The molecule has 0 N–H and O–H groups in total. The van der Waals surface area contributed by atoms with Gasteiger partial charge in [0.15, 0.2) is 0 Å². The highest BCUT2D eigenvalue weighted by molar-refractivity contribution is 6.01. The SMILES string of the molecule is c1ccc2c(-n3c4ccc(-c5ccc6c(c5)n5c7ccccc7nc5n6-c5cccc6ccccc56)cc4n4c5ccccc5nc34)cccc2c1. The molecule has 4 heterocycles. The van der Waals surface area contributed by atoms with Gasteiger partial charge in [-0.3, -0.25) is 17.9 Å². The maximum Gasteiger partial charge on any atom is 0.220 e. The van der Waals surface area contributed by atoms with Crippen molar-refractivity contribution in [2.75, 3.05) is 0 Å². The topological polar surface area (TPSA) is 44.5 Å². The largest absolute Gasteiger partial charge is 0.278 e. The van der Waals surface area contributed by atoms with Crippen molar-refractivity contribution < 1.29 is 0 Å². The molecule has 6 nitrogen and oxygen atoms in total. The molecule has 8 aromatic carbocycles. The van der Waals surface area contributed by atoms with E-state index >= 15 is 0 Å². The van der Waals surface area contributed by atoms with E-state index < -0.39 is 0 Å². The highest BCUT2D eigenvalue weighted by Crippen LogP contribution is 2.37. The number of aromatic nitrogens is 6. The first kappa shape index (κ1) is 27.6. The summed E-state index contributed by atoms with van der Waals surface area (Å²) in [6, 6.07) is 60.7. The summed E-state index contributed by atoms with van der Waals surface area (Å²) >= 11 is 0. The van der Waals surface area contributed by atoms with Crippen LogP contribution in [0, 0.1) is 0 Å². The Balaban J connectivity index is 1.14. The Morgan fingerprint density at radius 2 is 0.750 bits per heavy atom. The van der Waals surface area contributed by atoms with Gasteiger partial charge in [-0.15, -0.1) is 0 Å². The molecule has 0 unspecified atom stereocenters. The van der Waals surface area contributed by atoms with Gasteiger partial charge in [0.25, 0.3) is 0 Å². The number of benzene rings is 8. The van der Waals surface area contributed by atoms with Crippen LogP contribution in [0.3, 0.4) is 0 Å². The van der Waals surface area contributed by atoms with Crippen molar-refractivity contribution in [2.45, 2.75) is 0 Å². The summed E-state index contributed by atoms with van der Waals surface area (Å²) in [6.45, 7) is 0. The maximum absolute atomic E-state index is 5.20. The second-order valence-corrected chi connectivity index (χ2v) is 13.5. The molecule has 0 saturated heterocycles. The molecule has 0 radical (unpaired) electrons. The van der Waals surface area contributed by atoms with Crippen molar-refractivity contribution in [2.24, 2.45) is 0 Å². The van der Waals surface area contributed by atoms with Gasteiger partial charge in [0, 0.05) is 10.8 Å². The molecular weight excluding hydrogens is 637 g/mol. The van der Waals surface area contributed by atoms with E-state index in [1.54, 1.807) is 0 Å². The maximum atomic E-state index is 5.20. The number of imidazole rings is 4. The lowest BCUT2D eigenvalue weighted by atomic mass is 10.0. The molecule has 0 aliphatic rings. The van der Waals surface area contributed by atoms with Gasteiger partial charge in [0.05, 0.1) is 55.5 Å². The van der Waals surface area contributed by atoms with E-state index in [9.17, 15) is 0 Å². The average molecular weight is 665 g/mol. The van der Waals surface area contributed by atoms with Crippen molar-refractivity contribution in [3.8, 4) is 22.5 Å². The number of para-hydroxylation sites is 4. The summed E-state index contributed by atoms with van der Waals surface area (Å²) in [5, 5.41) is 4.79. The van der Waals surface area contributed by atoms with Crippen LogP contribution in [0.25, 0.3) is 99.7 Å².